The summed E-state index contributed by atoms with van der Waals surface area (Å²) in [6, 6.07) is 7.57. The van der Waals surface area contributed by atoms with Crippen LogP contribution in [0.15, 0.2) is 43.0 Å². The number of para-hydroxylation sites is 2. The third-order valence-corrected chi connectivity index (χ3v) is 2.92. The summed E-state index contributed by atoms with van der Waals surface area (Å²) in [5, 5.41) is 6.06. The Morgan fingerprint density at radius 2 is 2.15 bits per heavy atom. The fourth-order valence-electron chi connectivity index (χ4n) is 1.84. The van der Waals surface area contributed by atoms with Gasteiger partial charge in [-0.15, -0.1) is 0 Å². The minimum absolute atomic E-state index is 0.0431. The number of nitrogens with zero attached hydrogens (tertiary/aromatic N) is 1. The first-order chi connectivity index (χ1) is 9.75. The summed E-state index contributed by atoms with van der Waals surface area (Å²) in [6.07, 6.45) is 6.02. The van der Waals surface area contributed by atoms with Crippen LogP contribution in [0.5, 0.6) is 0 Å². The molecule has 1 aromatic heterocycles. The van der Waals surface area contributed by atoms with Crippen LogP contribution in [-0.2, 0) is 11.3 Å². The molecule has 6 nitrogen and oxygen atoms in total. The van der Waals surface area contributed by atoms with Crippen LogP contribution >= 0.6 is 0 Å². The van der Waals surface area contributed by atoms with Crippen molar-refractivity contribution in [3.05, 3.63) is 43.0 Å². The van der Waals surface area contributed by atoms with E-state index in [1.807, 2.05) is 47.6 Å². The van der Waals surface area contributed by atoms with Crippen molar-refractivity contribution in [2.24, 2.45) is 0 Å². The maximum absolute atomic E-state index is 11.6. The Balaban J connectivity index is 1.61. The number of hydrogen-bond donors (Lipinski definition) is 4. The van der Waals surface area contributed by atoms with Gasteiger partial charge in [0.2, 0.25) is 12.2 Å². The lowest BCUT2D eigenvalue weighted by molar-refractivity contribution is -0.694. The molecule has 6 heteroatoms. The van der Waals surface area contributed by atoms with Gasteiger partial charge in [0, 0.05) is 13.1 Å². The minimum Gasteiger partial charge on any atom is -0.397 e. The van der Waals surface area contributed by atoms with Crippen molar-refractivity contribution >= 4 is 17.3 Å². The van der Waals surface area contributed by atoms with Gasteiger partial charge in [0.05, 0.1) is 24.3 Å². The zero-order valence-corrected chi connectivity index (χ0v) is 11.3. The van der Waals surface area contributed by atoms with Gasteiger partial charge >= 0.3 is 0 Å². The topological polar surface area (TPSA) is 86.8 Å². The Kier molecular flexibility index (Phi) is 5.00. The van der Waals surface area contributed by atoms with Crippen molar-refractivity contribution in [3.8, 4) is 0 Å². The molecule has 0 aliphatic rings. The highest BCUT2D eigenvalue weighted by Crippen LogP contribution is 2.15. The number of carbonyl (C=O) groups is 1. The zero-order chi connectivity index (χ0) is 14.2. The number of benzene rings is 1. The summed E-state index contributed by atoms with van der Waals surface area (Å²) in [4.78, 5) is 14.6. The van der Waals surface area contributed by atoms with Crippen LogP contribution in [0.3, 0.4) is 0 Å². The van der Waals surface area contributed by atoms with E-state index < -0.39 is 0 Å². The van der Waals surface area contributed by atoms with Crippen molar-refractivity contribution in [1.82, 2.24) is 10.3 Å². The largest absolute Gasteiger partial charge is 0.397 e. The van der Waals surface area contributed by atoms with Crippen molar-refractivity contribution in [3.63, 3.8) is 0 Å². The molecule has 2 rings (SSSR count). The van der Waals surface area contributed by atoms with E-state index in [0.29, 0.717) is 31.7 Å². The second kappa shape index (κ2) is 7.18. The van der Waals surface area contributed by atoms with Crippen molar-refractivity contribution < 1.29 is 9.36 Å². The van der Waals surface area contributed by atoms with Crippen LogP contribution in [0.4, 0.5) is 11.4 Å². The van der Waals surface area contributed by atoms with Crippen molar-refractivity contribution in [2.45, 2.75) is 13.0 Å². The molecule has 0 aliphatic carbocycles. The van der Waals surface area contributed by atoms with Crippen LogP contribution in [0, 0.1) is 0 Å². The molecule has 1 amide bonds. The third kappa shape index (κ3) is 4.31. The number of hydrogen-bond acceptors (Lipinski definition) is 3. The first-order valence-electron chi connectivity index (χ1n) is 6.62. The average molecular weight is 274 g/mol. The molecule has 0 bridgehead atoms. The van der Waals surface area contributed by atoms with E-state index in [0.717, 1.165) is 5.69 Å². The van der Waals surface area contributed by atoms with Gasteiger partial charge in [0.15, 0.2) is 0 Å². The fourth-order valence-corrected chi connectivity index (χ4v) is 1.84. The number of amides is 1. The van der Waals surface area contributed by atoms with Crippen LogP contribution in [-0.4, -0.2) is 24.0 Å². The molecule has 2 aromatic rings. The molecule has 0 radical (unpaired) electrons. The molecule has 0 atom stereocenters. The second-order valence-electron chi connectivity index (χ2n) is 4.46. The van der Waals surface area contributed by atoms with E-state index in [4.69, 9.17) is 5.73 Å². The number of carbonyl (C=O) groups excluding carboxylic acids is 1. The maximum atomic E-state index is 11.6. The highest BCUT2D eigenvalue weighted by Gasteiger charge is 2.04. The molecular weight excluding hydrogens is 254 g/mol. The molecule has 1 aromatic carbocycles. The lowest BCUT2D eigenvalue weighted by Crippen LogP contribution is -2.36. The molecule has 0 spiro atoms. The number of aromatic nitrogens is 2. The average Bonchev–Trinajstić information content (AvgIpc) is 2.96. The quantitative estimate of drug-likeness (QED) is 0.337. The predicted octanol–water partition coefficient (Wildman–Crippen LogP) is 0.503. The van der Waals surface area contributed by atoms with Gasteiger partial charge in [0.1, 0.15) is 12.4 Å². The van der Waals surface area contributed by atoms with Crippen molar-refractivity contribution in [2.75, 3.05) is 24.1 Å². The maximum Gasteiger partial charge on any atom is 0.241 e. The molecule has 20 heavy (non-hydrogen) atoms. The van der Waals surface area contributed by atoms with Gasteiger partial charge in [-0.2, -0.15) is 0 Å². The number of aromatic amines is 1. The van der Waals surface area contributed by atoms with Gasteiger partial charge in [0.25, 0.3) is 0 Å². The summed E-state index contributed by atoms with van der Waals surface area (Å²) < 4.78 is 1.93. The first kappa shape index (κ1) is 13.9. The molecule has 0 unspecified atom stereocenters. The molecule has 5 N–H and O–H groups in total. The van der Waals surface area contributed by atoms with Crippen LogP contribution in [0.2, 0.25) is 0 Å². The van der Waals surface area contributed by atoms with Crippen LogP contribution in [0.25, 0.3) is 0 Å². The number of nitrogens with one attached hydrogen (secondary N) is 3. The van der Waals surface area contributed by atoms with E-state index in [9.17, 15) is 4.79 Å². The van der Waals surface area contributed by atoms with Crippen molar-refractivity contribution in [1.29, 1.82) is 0 Å². The number of rotatable bonds is 7. The monoisotopic (exact) mass is 274 g/mol. The minimum atomic E-state index is 0.0431. The molecule has 0 fully saturated rings. The number of H-pyrrole nitrogens is 1. The second-order valence-corrected chi connectivity index (χ2v) is 4.46. The molecular formula is C14H20N5O+. The highest BCUT2D eigenvalue weighted by molar-refractivity contribution is 5.75. The summed E-state index contributed by atoms with van der Waals surface area (Å²) in [7, 11) is 0. The van der Waals surface area contributed by atoms with E-state index in [1.165, 1.54) is 0 Å². The van der Waals surface area contributed by atoms with E-state index in [2.05, 4.69) is 15.6 Å². The predicted molar refractivity (Wildman–Crippen MR) is 78.0 cm³/mol. The number of nitrogen functional groups attached to an aromatic ring is 1. The standard InChI is InChI=1S/C14H19N5O/c15-12-3-1-2-4-13(12)17-6-7-18-14(20)5-9-19-10-8-16-11-19/h1-4,8,10-11,17H,5-7,9,15H2,(H,18,20)/p+1. The van der Waals surface area contributed by atoms with Gasteiger partial charge < -0.3 is 16.4 Å². The summed E-state index contributed by atoms with van der Waals surface area (Å²) in [5.41, 5.74) is 7.41. The molecule has 0 saturated heterocycles. The number of aryl methyl sites for hydroxylation is 1. The Bertz CT molecular complexity index is 538. The van der Waals surface area contributed by atoms with Crippen LogP contribution in [0.1, 0.15) is 6.42 Å². The molecule has 0 aliphatic heterocycles. The molecule has 106 valence electrons. The summed E-state index contributed by atoms with van der Waals surface area (Å²) in [5.74, 6) is 0.0431. The van der Waals surface area contributed by atoms with Gasteiger partial charge in [-0.05, 0) is 12.1 Å². The number of anilines is 2. The third-order valence-electron chi connectivity index (χ3n) is 2.92. The molecule has 0 saturated carbocycles. The highest BCUT2D eigenvalue weighted by atomic mass is 16.1. The lowest BCUT2D eigenvalue weighted by atomic mass is 10.3. The normalized spacial score (nSPS) is 10.2. The lowest BCUT2D eigenvalue weighted by Gasteiger charge is -2.09. The summed E-state index contributed by atoms with van der Waals surface area (Å²) >= 11 is 0. The Morgan fingerprint density at radius 1 is 1.30 bits per heavy atom. The number of imidazole rings is 1. The Hall–Kier alpha value is -2.50. The molecule has 1 heterocycles. The van der Waals surface area contributed by atoms with Gasteiger partial charge in [-0.1, -0.05) is 12.1 Å². The van der Waals surface area contributed by atoms with E-state index >= 15 is 0 Å². The van der Waals surface area contributed by atoms with Gasteiger partial charge in [-0.25, -0.2) is 4.57 Å². The SMILES string of the molecule is Nc1ccccc1NCCNC(=O)CC[n+]1cc[nH]c1. The van der Waals surface area contributed by atoms with Crippen LogP contribution < -0.4 is 20.9 Å². The zero-order valence-electron chi connectivity index (χ0n) is 11.3. The van der Waals surface area contributed by atoms with E-state index in [-0.39, 0.29) is 5.91 Å². The Morgan fingerprint density at radius 3 is 2.90 bits per heavy atom. The fraction of sp³-hybridized carbons (Fsp3) is 0.286. The Labute approximate surface area is 118 Å². The first-order valence-corrected chi connectivity index (χ1v) is 6.62. The summed E-state index contributed by atoms with van der Waals surface area (Å²) in [6.45, 7) is 1.90. The number of nitrogens with two attached hydrogens (primary N) is 1. The van der Waals surface area contributed by atoms with Gasteiger partial charge in [-0.3, -0.25) is 9.78 Å². The van der Waals surface area contributed by atoms with E-state index in [1.54, 1.807) is 0 Å². The smallest absolute Gasteiger partial charge is 0.241 e.